The highest BCUT2D eigenvalue weighted by molar-refractivity contribution is 6.26. The molecule has 0 saturated carbocycles. The fourth-order valence-electron chi connectivity index (χ4n) is 7.68. The number of fused-ring (bicyclic) bond motifs is 9. The van der Waals surface area contributed by atoms with Gasteiger partial charge in [0.2, 0.25) is 0 Å². The molecule has 2 heterocycles. The summed E-state index contributed by atoms with van der Waals surface area (Å²) in [4.78, 5) is 0. The summed E-state index contributed by atoms with van der Waals surface area (Å²) >= 11 is 0. The summed E-state index contributed by atoms with van der Waals surface area (Å²) in [6, 6.07) is 55.9. The van der Waals surface area contributed by atoms with E-state index < -0.39 is 0 Å². The largest absolute Gasteiger partial charge is 0.308 e. The van der Waals surface area contributed by atoms with Crippen LogP contribution in [0, 0.1) is 0 Å². The number of para-hydroxylation sites is 1. The molecule has 0 saturated heterocycles. The van der Waals surface area contributed by atoms with E-state index in [1.54, 1.807) is 0 Å². The molecule has 43 heavy (non-hydrogen) atoms. The van der Waals surface area contributed by atoms with Gasteiger partial charge in [-0.3, -0.25) is 0 Å². The maximum absolute atomic E-state index is 2.49. The number of hydrogen-bond donors (Lipinski definition) is 0. The molecule has 198 valence electrons. The van der Waals surface area contributed by atoms with Crippen LogP contribution in [0.1, 0.15) is 0 Å². The number of hydrogen-bond acceptors (Lipinski definition) is 0. The molecule has 10 aromatic rings. The van der Waals surface area contributed by atoms with E-state index in [-0.39, 0.29) is 0 Å². The SMILES string of the molecule is c1ccc(-c2c3ccccc3c(-c3ccc4c(c3)c3cccc5c6cc7ccccc7cc6n4c35)c3ccccc23)cc1. The van der Waals surface area contributed by atoms with E-state index in [1.165, 1.54) is 92.7 Å². The molecule has 2 aromatic heterocycles. The summed E-state index contributed by atoms with van der Waals surface area (Å²) in [5.74, 6) is 0. The van der Waals surface area contributed by atoms with E-state index in [0.717, 1.165) is 0 Å². The van der Waals surface area contributed by atoms with Crippen molar-refractivity contribution < 1.29 is 0 Å². The summed E-state index contributed by atoms with van der Waals surface area (Å²) < 4.78 is 2.49. The second-order valence-corrected chi connectivity index (χ2v) is 11.7. The molecule has 0 atom stereocenters. The van der Waals surface area contributed by atoms with Crippen LogP contribution >= 0.6 is 0 Å². The Labute approximate surface area is 248 Å². The third kappa shape index (κ3) is 3.06. The van der Waals surface area contributed by atoms with Gasteiger partial charge in [0, 0.05) is 21.5 Å². The highest BCUT2D eigenvalue weighted by atomic mass is 14.9. The first-order valence-electron chi connectivity index (χ1n) is 15.0. The van der Waals surface area contributed by atoms with Gasteiger partial charge in [-0.2, -0.15) is 0 Å². The molecule has 0 amide bonds. The van der Waals surface area contributed by atoms with E-state index in [2.05, 4.69) is 156 Å². The molecule has 0 N–H and O–H groups in total. The Morgan fingerprint density at radius 3 is 1.47 bits per heavy atom. The molecule has 0 aliphatic heterocycles. The molecular weight excluding hydrogens is 518 g/mol. The Kier molecular flexibility index (Phi) is 4.51. The van der Waals surface area contributed by atoms with Crippen molar-refractivity contribution in [3.8, 4) is 22.3 Å². The zero-order valence-electron chi connectivity index (χ0n) is 23.4. The lowest BCUT2D eigenvalue weighted by atomic mass is 9.86. The summed E-state index contributed by atoms with van der Waals surface area (Å²) in [5.41, 5.74) is 8.95. The summed E-state index contributed by atoms with van der Waals surface area (Å²) in [6.07, 6.45) is 0. The Hall–Kier alpha value is -5.66. The van der Waals surface area contributed by atoms with Gasteiger partial charge in [-0.25, -0.2) is 0 Å². The predicted molar refractivity (Wildman–Crippen MR) is 184 cm³/mol. The minimum atomic E-state index is 1.25. The first kappa shape index (κ1) is 23.0. The smallest absolute Gasteiger partial charge is 0.0620 e. The Morgan fingerprint density at radius 1 is 0.302 bits per heavy atom. The lowest BCUT2D eigenvalue weighted by molar-refractivity contribution is 1.37. The molecule has 0 fully saturated rings. The standard InChI is InChI=1S/C42H25N/c1-2-11-26(12-3-1)40-30-15-6-8-17-32(30)41(33-18-9-7-16-31(33)40)29-21-22-38-36(24-29)34-19-10-20-35-37-23-27-13-4-5-14-28(27)25-39(37)43(38)42(34)35/h1-25H. The van der Waals surface area contributed by atoms with Crippen molar-refractivity contribution in [1.82, 2.24) is 4.40 Å². The van der Waals surface area contributed by atoms with Crippen LogP contribution in [0.25, 0.3) is 92.7 Å². The van der Waals surface area contributed by atoms with Crippen molar-refractivity contribution in [2.45, 2.75) is 0 Å². The van der Waals surface area contributed by atoms with Crippen LogP contribution in [0.2, 0.25) is 0 Å². The average Bonchev–Trinajstić information content (AvgIpc) is 3.57. The molecule has 0 spiro atoms. The molecular formula is C42H25N. The molecule has 0 bridgehead atoms. The number of rotatable bonds is 2. The second kappa shape index (κ2) is 8.44. The van der Waals surface area contributed by atoms with Crippen LogP contribution in [0.4, 0.5) is 0 Å². The summed E-state index contributed by atoms with van der Waals surface area (Å²) in [7, 11) is 0. The fraction of sp³-hybridized carbons (Fsp3) is 0. The molecule has 1 heteroatoms. The molecule has 0 unspecified atom stereocenters. The fourth-order valence-corrected chi connectivity index (χ4v) is 7.68. The molecule has 0 aliphatic rings. The van der Waals surface area contributed by atoms with Gasteiger partial charge in [0.1, 0.15) is 0 Å². The van der Waals surface area contributed by atoms with E-state index in [1.807, 2.05) is 0 Å². The van der Waals surface area contributed by atoms with Gasteiger partial charge in [-0.15, -0.1) is 0 Å². The van der Waals surface area contributed by atoms with Crippen LogP contribution in [0.5, 0.6) is 0 Å². The van der Waals surface area contributed by atoms with Crippen LogP contribution in [-0.4, -0.2) is 4.40 Å². The Balaban J connectivity index is 1.32. The molecule has 0 radical (unpaired) electrons. The van der Waals surface area contributed by atoms with Crippen LogP contribution < -0.4 is 0 Å². The van der Waals surface area contributed by atoms with Gasteiger partial charge in [0.05, 0.1) is 16.6 Å². The first-order valence-corrected chi connectivity index (χ1v) is 15.0. The van der Waals surface area contributed by atoms with Crippen molar-refractivity contribution in [1.29, 1.82) is 0 Å². The van der Waals surface area contributed by atoms with Crippen molar-refractivity contribution in [3.05, 3.63) is 152 Å². The third-order valence-corrected chi connectivity index (χ3v) is 9.46. The van der Waals surface area contributed by atoms with E-state index in [0.29, 0.717) is 0 Å². The van der Waals surface area contributed by atoms with Crippen molar-refractivity contribution >= 4 is 70.4 Å². The normalized spacial score (nSPS) is 12.2. The van der Waals surface area contributed by atoms with Crippen molar-refractivity contribution in [2.24, 2.45) is 0 Å². The molecule has 8 aromatic carbocycles. The summed E-state index contributed by atoms with van der Waals surface area (Å²) in [5, 5.41) is 12.9. The van der Waals surface area contributed by atoms with E-state index in [4.69, 9.17) is 0 Å². The predicted octanol–water partition coefficient (Wildman–Crippen LogP) is 11.6. The number of benzene rings is 8. The average molecular weight is 544 g/mol. The van der Waals surface area contributed by atoms with Crippen LogP contribution in [0.3, 0.4) is 0 Å². The van der Waals surface area contributed by atoms with Crippen LogP contribution in [0.15, 0.2) is 152 Å². The third-order valence-electron chi connectivity index (χ3n) is 9.46. The quantitative estimate of drug-likeness (QED) is 0.191. The zero-order chi connectivity index (χ0) is 28.1. The van der Waals surface area contributed by atoms with E-state index in [9.17, 15) is 0 Å². The van der Waals surface area contributed by atoms with Crippen LogP contribution in [-0.2, 0) is 0 Å². The minimum absolute atomic E-state index is 1.25. The molecule has 0 aliphatic carbocycles. The molecule has 1 nitrogen and oxygen atoms in total. The molecule has 10 rings (SSSR count). The van der Waals surface area contributed by atoms with Gasteiger partial charge in [-0.05, 0) is 78.8 Å². The number of aromatic nitrogens is 1. The highest BCUT2D eigenvalue weighted by Crippen LogP contribution is 2.46. The second-order valence-electron chi connectivity index (χ2n) is 11.7. The van der Waals surface area contributed by atoms with Gasteiger partial charge in [0.25, 0.3) is 0 Å². The van der Waals surface area contributed by atoms with Gasteiger partial charge in [-0.1, -0.05) is 127 Å². The number of nitrogens with zero attached hydrogens (tertiary/aromatic N) is 1. The van der Waals surface area contributed by atoms with Gasteiger partial charge in [0.15, 0.2) is 0 Å². The van der Waals surface area contributed by atoms with E-state index >= 15 is 0 Å². The zero-order valence-corrected chi connectivity index (χ0v) is 23.4. The highest BCUT2D eigenvalue weighted by Gasteiger charge is 2.20. The van der Waals surface area contributed by atoms with Crippen molar-refractivity contribution in [3.63, 3.8) is 0 Å². The Bertz CT molecular complexity index is 2650. The summed E-state index contributed by atoms with van der Waals surface area (Å²) in [6.45, 7) is 0. The lowest BCUT2D eigenvalue weighted by Crippen LogP contribution is -1.90. The maximum atomic E-state index is 2.49. The first-order chi connectivity index (χ1) is 21.3. The van der Waals surface area contributed by atoms with Gasteiger partial charge >= 0.3 is 0 Å². The van der Waals surface area contributed by atoms with Crippen molar-refractivity contribution in [2.75, 3.05) is 0 Å². The van der Waals surface area contributed by atoms with Gasteiger partial charge < -0.3 is 4.40 Å². The topological polar surface area (TPSA) is 4.41 Å². The minimum Gasteiger partial charge on any atom is -0.308 e. The Morgan fingerprint density at radius 2 is 0.814 bits per heavy atom. The lowest BCUT2D eigenvalue weighted by Gasteiger charge is -2.17. The monoisotopic (exact) mass is 543 g/mol. The maximum Gasteiger partial charge on any atom is 0.0620 e.